The first-order valence-electron chi connectivity index (χ1n) is 6.52. The predicted molar refractivity (Wildman–Crippen MR) is 67.5 cm³/mol. The molecular weight excluding hydrogens is 273 g/mol. The number of nitrogens with zero attached hydrogens (tertiary/aromatic N) is 1. The Morgan fingerprint density at radius 1 is 1.40 bits per heavy atom. The van der Waals surface area contributed by atoms with Crippen LogP contribution in [0.3, 0.4) is 0 Å². The van der Waals surface area contributed by atoms with Crippen LogP contribution in [0.15, 0.2) is 18.3 Å². The van der Waals surface area contributed by atoms with Crippen molar-refractivity contribution in [3.8, 4) is 0 Å². The summed E-state index contributed by atoms with van der Waals surface area (Å²) in [5, 5.41) is 2.90. The standard InChI is InChI=1S/C13H17F3N2O2/c14-13(15,16)10-3-4-12(18-8-10)17-5-7-19-9-11-2-1-6-20-11/h3-4,8,11H,1-2,5-7,9H2,(H,17,18). The van der Waals surface area contributed by atoms with Crippen molar-refractivity contribution >= 4 is 5.82 Å². The van der Waals surface area contributed by atoms with Crippen LogP contribution in [0.4, 0.5) is 19.0 Å². The second-order valence-electron chi connectivity index (χ2n) is 4.57. The molecule has 0 saturated carbocycles. The van der Waals surface area contributed by atoms with Crippen molar-refractivity contribution in [1.82, 2.24) is 4.98 Å². The molecule has 7 heteroatoms. The normalized spacial score (nSPS) is 19.2. The summed E-state index contributed by atoms with van der Waals surface area (Å²) in [5.41, 5.74) is -0.752. The van der Waals surface area contributed by atoms with Gasteiger partial charge < -0.3 is 14.8 Å². The Balaban J connectivity index is 1.64. The van der Waals surface area contributed by atoms with Gasteiger partial charge in [-0.2, -0.15) is 13.2 Å². The van der Waals surface area contributed by atoms with E-state index in [-0.39, 0.29) is 6.10 Å². The van der Waals surface area contributed by atoms with Gasteiger partial charge in [0.05, 0.1) is 24.9 Å². The minimum Gasteiger partial charge on any atom is -0.377 e. The van der Waals surface area contributed by atoms with Gasteiger partial charge in [0.25, 0.3) is 0 Å². The fourth-order valence-corrected chi connectivity index (χ4v) is 1.91. The molecule has 1 unspecified atom stereocenters. The first-order chi connectivity index (χ1) is 9.55. The molecule has 0 amide bonds. The van der Waals surface area contributed by atoms with Gasteiger partial charge in [-0.3, -0.25) is 0 Å². The van der Waals surface area contributed by atoms with E-state index in [9.17, 15) is 13.2 Å². The first-order valence-corrected chi connectivity index (χ1v) is 6.52. The molecule has 0 radical (unpaired) electrons. The van der Waals surface area contributed by atoms with Crippen LogP contribution >= 0.6 is 0 Å². The van der Waals surface area contributed by atoms with E-state index in [2.05, 4.69) is 10.3 Å². The first kappa shape index (κ1) is 15.1. The predicted octanol–water partition coefficient (Wildman–Crippen LogP) is 2.71. The van der Waals surface area contributed by atoms with Gasteiger partial charge in [-0.1, -0.05) is 0 Å². The van der Waals surface area contributed by atoms with E-state index in [0.717, 1.165) is 31.7 Å². The Labute approximate surface area is 115 Å². The zero-order valence-electron chi connectivity index (χ0n) is 10.9. The molecule has 2 heterocycles. The fraction of sp³-hybridized carbons (Fsp3) is 0.615. The Kier molecular flexibility index (Phi) is 5.19. The third-order valence-electron chi connectivity index (χ3n) is 2.97. The van der Waals surface area contributed by atoms with Crippen LogP contribution in [-0.2, 0) is 15.7 Å². The van der Waals surface area contributed by atoms with Crippen molar-refractivity contribution in [3.63, 3.8) is 0 Å². The quantitative estimate of drug-likeness (QED) is 0.818. The molecule has 20 heavy (non-hydrogen) atoms. The molecule has 1 atom stereocenters. The van der Waals surface area contributed by atoms with Gasteiger partial charge in [-0.25, -0.2) is 4.98 Å². The molecule has 0 bridgehead atoms. The number of alkyl halides is 3. The molecule has 0 aromatic carbocycles. The summed E-state index contributed by atoms with van der Waals surface area (Å²) < 4.78 is 47.8. The molecule has 1 aromatic rings. The Hall–Kier alpha value is -1.34. The minimum atomic E-state index is -4.35. The van der Waals surface area contributed by atoms with Gasteiger partial charge in [-0.05, 0) is 25.0 Å². The molecule has 0 spiro atoms. The number of hydrogen-bond acceptors (Lipinski definition) is 4. The van der Waals surface area contributed by atoms with Crippen LogP contribution in [0, 0.1) is 0 Å². The Morgan fingerprint density at radius 3 is 2.85 bits per heavy atom. The maximum Gasteiger partial charge on any atom is 0.417 e. The molecule has 1 aliphatic rings. The van der Waals surface area contributed by atoms with Crippen LogP contribution in [0.2, 0.25) is 0 Å². The number of pyridine rings is 1. The van der Waals surface area contributed by atoms with E-state index in [0.29, 0.717) is 25.6 Å². The van der Waals surface area contributed by atoms with E-state index in [4.69, 9.17) is 9.47 Å². The third-order valence-corrected chi connectivity index (χ3v) is 2.97. The third kappa shape index (κ3) is 4.64. The summed E-state index contributed by atoms with van der Waals surface area (Å²) in [6.07, 6.45) is -1.26. The van der Waals surface area contributed by atoms with Gasteiger partial charge in [-0.15, -0.1) is 0 Å². The molecule has 1 aromatic heterocycles. The number of aromatic nitrogens is 1. The van der Waals surface area contributed by atoms with E-state index in [1.165, 1.54) is 6.07 Å². The van der Waals surface area contributed by atoms with Crippen molar-refractivity contribution < 1.29 is 22.6 Å². The van der Waals surface area contributed by atoms with Crippen LogP contribution < -0.4 is 5.32 Å². The van der Waals surface area contributed by atoms with E-state index < -0.39 is 11.7 Å². The van der Waals surface area contributed by atoms with Crippen LogP contribution in [0.5, 0.6) is 0 Å². The molecule has 2 rings (SSSR count). The van der Waals surface area contributed by atoms with Crippen molar-refractivity contribution in [3.05, 3.63) is 23.9 Å². The maximum atomic E-state index is 12.3. The number of anilines is 1. The highest BCUT2D eigenvalue weighted by Gasteiger charge is 2.30. The minimum absolute atomic E-state index is 0.180. The smallest absolute Gasteiger partial charge is 0.377 e. The molecule has 1 N–H and O–H groups in total. The number of nitrogens with one attached hydrogen (secondary N) is 1. The Morgan fingerprint density at radius 2 is 2.25 bits per heavy atom. The lowest BCUT2D eigenvalue weighted by molar-refractivity contribution is -0.137. The molecule has 1 aliphatic heterocycles. The van der Waals surface area contributed by atoms with Crippen LogP contribution in [-0.4, -0.2) is 37.5 Å². The molecule has 112 valence electrons. The summed E-state index contributed by atoms with van der Waals surface area (Å²) >= 11 is 0. The summed E-state index contributed by atoms with van der Waals surface area (Å²) in [7, 11) is 0. The summed E-state index contributed by atoms with van der Waals surface area (Å²) in [6, 6.07) is 2.31. The average molecular weight is 290 g/mol. The van der Waals surface area contributed by atoms with Gasteiger partial charge in [0.2, 0.25) is 0 Å². The number of rotatable bonds is 6. The van der Waals surface area contributed by atoms with Crippen molar-refractivity contribution in [2.75, 3.05) is 31.7 Å². The van der Waals surface area contributed by atoms with Crippen molar-refractivity contribution in [2.45, 2.75) is 25.1 Å². The number of halogens is 3. The fourth-order valence-electron chi connectivity index (χ4n) is 1.91. The van der Waals surface area contributed by atoms with Gasteiger partial charge >= 0.3 is 6.18 Å². The largest absolute Gasteiger partial charge is 0.417 e. The van der Waals surface area contributed by atoms with Crippen molar-refractivity contribution in [2.24, 2.45) is 0 Å². The number of hydrogen-bond donors (Lipinski definition) is 1. The Bertz CT molecular complexity index is 403. The highest BCUT2D eigenvalue weighted by molar-refractivity contribution is 5.35. The van der Waals surface area contributed by atoms with E-state index in [1.807, 2.05) is 0 Å². The monoisotopic (exact) mass is 290 g/mol. The van der Waals surface area contributed by atoms with Gasteiger partial charge in [0.1, 0.15) is 5.82 Å². The molecule has 0 aliphatic carbocycles. The summed E-state index contributed by atoms with van der Waals surface area (Å²) in [6.45, 7) is 2.30. The summed E-state index contributed by atoms with van der Waals surface area (Å²) in [4.78, 5) is 3.71. The molecular formula is C13H17F3N2O2. The molecule has 1 fully saturated rings. The van der Waals surface area contributed by atoms with Gasteiger partial charge in [0.15, 0.2) is 0 Å². The summed E-state index contributed by atoms with van der Waals surface area (Å²) in [5.74, 6) is 0.402. The number of ether oxygens (including phenoxy) is 2. The lowest BCUT2D eigenvalue weighted by Crippen LogP contribution is -2.18. The van der Waals surface area contributed by atoms with Crippen LogP contribution in [0.25, 0.3) is 0 Å². The van der Waals surface area contributed by atoms with Crippen LogP contribution in [0.1, 0.15) is 18.4 Å². The zero-order valence-corrected chi connectivity index (χ0v) is 10.9. The SMILES string of the molecule is FC(F)(F)c1ccc(NCCOCC2CCCO2)nc1. The zero-order chi connectivity index (χ0) is 14.4. The second-order valence-corrected chi connectivity index (χ2v) is 4.57. The lowest BCUT2D eigenvalue weighted by Gasteiger charge is -2.11. The van der Waals surface area contributed by atoms with Gasteiger partial charge in [0, 0.05) is 19.3 Å². The van der Waals surface area contributed by atoms with E-state index in [1.54, 1.807) is 0 Å². The van der Waals surface area contributed by atoms with E-state index >= 15 is 0 Å². The maximum absolute atomic E-state index is 12.3. The average Bonchev–Trinajstić information content (AvgIpc) is 2.91. The lowest BCUT2D eigenvalue weighted by atomic mass is 10.2. The highest BCUT2D eigenvalue weighted by atomic mass is 19.4. The highest BCUT2D eigenvalue weighted by Crippen LogP contribution is 2.28. The molecule has 4 nitrogen and oxygen atoms in total. The topological polar surface area (TPSA) is 43.4 Å². The molecule has 1 saturated heterocycles. The van der Waals surface area contributed by atoms with Crippen molar-refractivity contribution in [1.29, 1.82) is 0 Å². The second kappa shape index (κ2) is 6.90.